The number of hydrogen-bond acceptors (Lipinski definition) is 6. The molecule has 3 rings (SSSR count). The van der Waals surface area contributed by atoms with Gasteiger partial charge in [-0.25, -0.2) is 9.78 Å². The molecule has 1 aromatic heterocycles. The predicted octanol–water partition coefficient (Wildman–Crippen LogP) is 3.87. The van der Waals surface area contributed by atoms with Crippen molar-refractivity contribution in [3.8, 4) is 0 Å². The van der Waals surface area contributed by atoms with Crippen LogP contribution >= 0.6 is 0 Å². The summed E-state index contributed by atoms with van der Waals surface area (Å²) in [6, 6.07) is 8.33. The lowest BCUT2D eigenvalue weighted by Gasteiger charge is -2.31. The number of carbonyl (C=O) groups excluding carboxylic acids is 1. The molecule has 1 saturated heterocycles. The first kappa shape index (κ1) is 18.9. The van der Waals surface area contributed by atoms with Gasteiger partial charge in [0.05, 0.1) is 6.61 Å². The number of anilines is 3. The van der Waals surface area contributed by atoms with Gasteiger partial charge in [0, 0.05) is 31.0 Å². The van der Waals surface area contributed by atoms with Crippen LogP contribution in [0, 0.1) is 13.8 Å². The molecule has 1 fully saturated rings. The molecule has 0 atom stereocenters. The van der Waals surface area contributed by atoms with Crippen molar-refractivity contribution in [3.05, 3.63) is 41.6 Å². The summed E-state index contributed by atoms with van der Waals surface area (Å²) in [4.78, 5) is 22.4. The molecule has 1 aromatic carbocycles. The van der Waals surface area contributed by atoms with Crippen molar-refractivity contribution in [2.24, 2.45) is 0 Å². The second kappa shape index (κ2) is 8.70. The highest BCUT2D eigenvalue weighted by Crippen LogP contribution is 2.20. The van der Waals surface area contributed by atoms with Crippen LogP contribution in [-0.2, 0) is 4.74 Å². The molecule has 0 spiro atoms. The first-order valence-electron chi connectivity index (χ1n) is 9.40. The molecule has 2 N–H and O–H groups in total. The van der Waals surface area contributed by atoms with Crippen LogP contribution in [0.3, 0.4) is 0 Å². The Bertz CT molecular complexity index is 788. The number of rotatable bonds is 5. The van der Waals surface area contributed by atoms with Crippen LogP contribution in [0.4, 0.5) is 22.2 Å². The number of aryl methyl sites for hydroxylation is 2. The van der Waals surface area contributed by atoms with Crippen molar-refractivity contribution in [3.63, 3.8) is 0 Å². The highest BCUT2D eigenvalue weighted by Gasteiger charge is 2.23. The number of amides is 1. The van der Waals surface area contributed by atoms with E-state index in [0.29, 0.717) is 25.6 Å². The fourth-order valence-corrected chi connectivity index (χ4v) is 3.08. The van der Waals surface area contributed by atoms with E-state index < -0.39 is 0 Å². The minimum atomic E-state index is -0.224. The number of likely N-dealkylation sites (tertiary alicyclic amines) is 1. The lowest BCUT2D eigenvalue weighted by atomic mass is 10.1. The number of ether oxygens (including phenoxy) is 1. The summed E-state index contributed by atoms with van der Waals surface area (Å²) < 4.78 is 5.06. The highest BCUT2D eigenvalue weighted by atomic mass is 16.6. The van der Waals surface area contributed by atoms with Gasteiger partial charge in [0.25, 0.3) is 0 Å². The first-order chi connectivity index (χ1) is 13.0. The Morgan fingerprint density at radius 1 is 1.22 bits per heavy atom. The Labute approximate surface area is 160 Å². The Hall–Kier alpha value is -2.83. The van der Waals surface area contributed by atoms with Crippen molar-refractivity contribution < 1.29 is 9.53 Å². The van der Waals surface area contributed by atoms with Gasteiger partial charge in [-0.05, 0) is 62.9 Å². The molecule has 0 aliphatic carbocycles. The number of carbonyl (C=O) groups is 1. The Balaban J connectivity index is 1.56. The molecule has 144 valence electrons. The van der Waals surface area contributed by atoms with E-state index in [-0.39, 0.29) is 12.1 Å². The van der Waals surface area contributed by atoms with Crippen molar-refractivity contribution >= 4 is 23.5 Å². The van der Waals surface area contributed by atoms with Crippen LogP contribution in [0.5, 0.6) is 0 Å². The molecule has 0 bridgehead atoms. The Morgan fingerprint density at radius 3 is 2.70 bits per heavy atom. The van der Waals surface area contributed by atoms with Crippen molar-refractivity contribution in [2.45, 2.75) is 39.7 Å². The maximum atomic E-state index is 11.8. The zero-order valence-corrected chi connectivity index (χ0v) is 16.2. The molecule has 0 radical (unpaired) electrons. The van der Waals surface area contributed by atoms with E-state index in [1.807, 2.05) is 19.1 Å². The zero-order chi connectivity index (χ0) is 19.2. The van der Waals surface area contributed by atoms with E-state index in [1.165, 1.54) is 11.1 Å². The Morgan fingerprint density at radius 2 is 2.00 bits per heavy atom. The van der Waals surface area contributed by atoms with E-state index in [2.05, 4.69) is 46.6 Å². The lowest BCUT2D eigenvalue weighted by Crippen LogP contribution is -2.42. The predicted molar refractivity (Wildman–Crippen MR) is 106 cm³/mol. The number of nitrogens with zero attached hydrogens (tertiary/aromatic N) is 3. The van der Waals surface area contributed by atoms with Gasteiger partial charge in [0.15, 0.2) is 0 Å². The van der Waals surface area contributed by atoms with Gasteiger partial charge in [-0.2, -0.15) is 4.98 Å². The number of piperidine rings is 1. The highest BCUT2D eigenvalue weighted by molar-refractivity contribution is 5.67. The Kier molecular flexibility index (Phi) is 6.11. The third-order valence-corrected chi connectivity index (χ3v) is 4.79. The maximum absolute atomic E-state index is 11.8. The molecule has 1 aliphatic heterocycles. The molecule has 7 heteroatoms. The van der Waals surface area contributed by atoms with Crippen LogP contribution in [0.1, 0.15) is 30.9 Å². The van der Waals surface area contributed by atoms with Crippen LogP contribution in [-0.4, -0.2) is 46.7 Å². The zero-order valence-electron chi connectivity index (χ0n) is 16.2. The summed E-state index contributed by atoms with van der Waals surface area (Å²) >= 11 is 0. The summed E-state index contributed by atoms with van der Waals surface area (Å²) in [5.74, 6) is 1.35. The summed E-state index contributed by atoms with van der Waals surface area (Å²) in [6.45, 7) is 7.79. The maximum Gasteiger partial charge on any atom is 0.409 e. The minimum absolute atomic E-state index is 0.224. The summed E-state index contributed by atoms with van der Waals surface area (Å²) in [7, 11) is 0. The molecule has 2 heterocycles. The van der Waals surface area contributed by atoms with Gasteiger partial charge < -0.3 is 20.3 Å². The fourth-order valence-electron chi connectivity index (χ4n) is 3.08. The molecular formula is C20H27N5O2. The van der Waals surface area contributed by atoms with Gasteiger partial charge in [-0.1, -0.05) is 6.07 Å². The number of aromatic nitrogens is 2. The van der Waals surface area contributed by atoms with Crippen LogP contribution in [0.15, 0.2) is 30.5 Å². The van der Waals surface area contributed by atoms with Crippen molar-refractivity contribution in [1.82, 2.24) is 14.9 Å². The molecular weight excluding hydrogens is 342 g/mol. The van der Waals surface area contributed by atoms with E-state index in [9.17, 15) is 4.79 Å². The largest absolute Gasteiger partial charge is 0.450 e. The van der Waals surface area contributed by atoms with Gasteiger partial charge in [0.2, 0.25) is 5.95 Å². The number of nitrogens with one attached hydrogen (secondary N) is 2. The first-order valence-corrected chi connectivity index (χ1v) is 9.40. The average Bonchev–Trinajstić information content (AvgIpc) is 2.66. The molecule has 0 saturated carbocycles. The lowest BCUT2D eigenvalue weighted by molar-refractivity contribution is 0.0983. The molecule has 2 aromatic rings. The fraction of sp³-hybridized carbons (Fsp3) is 0.450. The smallest absolute Gasteiger partial charge is 0.409 e. The monoisotopic (exact) mass is 369 g/mol. The second-order valence-corrected chi connectivity index (χ2v) is 6.79. The summed E-state index contributed by atoms with van der Waals surface area (Å²) in [5.41, 5.74) is 3.45. The molecule has 1 aliphatic rings. The molecule has 27 heavy (non-hydrogen) atoms. The van der Waals surface area contributed by atoms with E-state index >= 15 is 0 Å². The quantitative estimate of drug-likeness (QED) is 0.833. The van der Waals surface area contributed by atoms with E-state index in [4.69, 9.17) is 4.74 Å². The minimum Gasteiger partial charge on any atom is -0.450 e. The third-order valence-electron chi connectivity index (χ3n) is 4.79. The SMILES string of the molecule is CCOC(=O)N1CCC(Nc2ccnc(Nc3ccc(C)c(C)c3)n2)CC1. The van der Waals surface area contributed by atoms with Gasteiger partial charge in [-0.15, -0.1) is 0 Å². The normalized spacial score (nSPS) is 14.7. The van der Waals surface area contributed by atoms with Crippen LogP contribution < -0.4 is 10.6 Å². The summed E-state index contributed by atoms with van der Waals surface area (Å²) in [6.07, 6.45) is 3.25. The van der Waals surface area contributed by atoms with Crippen LogP contribution in [0.25, 0.3) is 0 Å². The summed E-state index contributed by atoms with van der Waals surface area (Å²) in [5, 5.41) is 6.70. The topological polar surface area (TPSA) is 79.4 Å². The number of benzene rings is 1. The van der Waals surface area contributed by atoms with Crippen molar-refractivity contribution in [1.29, 1.82) is 0 Å². The second-order valence-electron chi connectivity index (χ2n) is 6.79. The van der Waals surface area contributed by atoms with Gasteiger partial charge in [-0.3, -0.25) is 0 Å². The van der Waals surface area contributed by atoms with Crippen molar-refractivity contribution in [2.75, 3.05) is 30.3 Å². The van der Waals surface area contributed by atoms with E-state index in [1.54, 1.807) is 11.1 Å². The standard InChI is InChI=1S/C20H27N5O2/c1-4-27-20(26)25-11-8-16(9-12-25)22-18-7-10-21-19(24-18)23-17-6-5-14(2)15(3)13-17/h5-7,10,13,16H,4,8-9,11-12H2,1-3H3,(H2,21,22,23,24). The molecule has 7 nitrogen and oxygen atoms in total. The van der Waals surface area contributed by atoms with Gasteiger partial charge in [0.1, 0.15) is 5.82 Å². The third kappa shape index (κ3) is 5.09. The number of hydrogen-bond donors (Lipinski definition) is 2. The molecule has 1 amide bonds. The van der Waals surface area contributed by atoms with Crippen LogP contribution in [0.2, 0.25) is 0 Å². The molecule has 0 unspecified atom stereocenters. The van der Waals surface area contributed by atoms with E-state index in [0.717, 1.165) is 24.3 Å². The average molecular weight is 369 g/mol. The van der Waals surface area contributed by atoms with Gasteiger partial charge >= 0.3 is 6.09 Å².